The Morgan fingerprint density at radius 1 is 1.21 bits per heavy atom. The first-order valence-corrected chi connectivity index (χ1v) is 14.6. The topological polar surface area (TPSA) is 81.2 Å². The van der Waals surface area contributed by atoms with Crippen molar-refractivity contribution in [3.05, 3.63) is 54.6 Å². The predicted octanol–water partition coefficient (Wildman–Crippen LogP) is 3.72. The summed E-state index contributed by atoms with van der Waals surface area (Å²) in [6.45, 7) is 15.3. The van der Waals surface area contributed by atoms with Crippen molar-refractivity contribution < 1.29 is 19.5 Å². The van der Waals surface area contributed by atoms with Crippen molar-refractivity contribution in [1.29, 1.82) is 0 Å². The van der Waals surface area contributed by atoms with E-state index in [0.29, 0.717) is 26.1 Å². The molecule has 206 valence electrons. The van der Waals surface area contributed by atoms with Crippen molar-refractivity contribution in [2.45, 2.75) is 62.5 Å². The summed E-state index contributed by atoms with van der Waals surface area (Å²) in [6, 6.07) is 5.33. The van der Waals surface area contributed by atoms with Crippen molar-refractivity contribution >= 4 is 35.2 Å². The molecule has 5 atom stereocenters. The predicted molar refractivity (Wildman–Crippen MR) is 153 cm³/mol. The second-order valence-corrected chi connectivity index (χ2v) is 12.4. The second kappa shape index (κ2) is 11.7. The van der Waals surface area contributed by atoms with Crippen LogP contribution in [-0.2, 0) is 14.4 Å². The Kier molecular flexibility index (Phi) is 8.72. The maximum atomic E-state index is 14.6. The van der Waals surface area contributed by atoms with Crippen LogP contribution < -0.4 is 4.90 Å². The van der Waals surface area contributed by atoms with E-state index in [2.05, 4.69) is 13.2 Å². The summed E-state index contributed by atoms with van der Waals surface area (Å²) < 4.78 is -0.655. The number of nitrogens with zero attached hydrogens (tertiary/aromatic N) is 3. The normalized spacial score (nSPS) is 27.4. The number of rotatable bonds is 12. The molecule has 38 heavy (non-hydrogen) atoms. The van der Waals surface area contributed by atoms with Crippen LogP contribution in [-0.4, -0.2) is 81.5 Å². The summed E-state index contributed by atoms with van der Waals surface area (Å²) in [7, 11) is 0. The molecule has 1 N–H and O–H groups in total. The van der Waals surface area contributed by atoms with Gasteiger partial charge in [0.2, 0.25) is 11.8 Å². The Morgan fingerprint density at radius 3 is 2.61 bits per heavy atom. The largest absolute Gasteiger partial charge is 0.396 e. The van der Waals surface area contributed by atoms with Gasteiger partial charge in [-0.2, -0.15) is 0 Å². The highest BCUT2D eigenvalue weighted by Gasteiger charge is 2.74. The molecular weight excluding hydrogens is 498 g/mol. The van der Waals surface area contributed by atoms with E-state index in [-0.39, 0.29) is 36.1 Å². The fourth-order valence-corrected chi connectivity index (χ4v) is 8.92. The molecule has 3 fully saturated rings. The number of benzene rings is 1. The molecule has 3 saturated heterocycles. The number of aliphatic hydroxyl groups is 1. The molecule has 4 rings (SSSR count). The van der Waals surface area contributed by atoms with Crippen molar-refractivity contribution in [3.63, 3.8) is 0 Å². The third kappa shape index (κ3) is 4.70. The van der Waals surface area contributed by atoms with E-state index in [1.165, 1.54) is 0 Å². The zero-order valence-corrected chi connectivity index (χ0v) is 23.7. The number of carbonyl (C=O) groups excluding carboxylic acids is 3. The van der Waals surface area contributed by atoms with Crippen molar-refractivity contribution in [2.24, 2.45) is 11.8 Å². The van der Waals surface area contributed by atoms with E-state index >= 15 is 0 Å². The van der Waals surface area contributed by atoms with E-state index in [1.807, 2.05) is 43.9 Å². The van der Waals surface area contributed by atoms with Crippen LogP contribution >= 0.6 is 11.8 Å². The first-order valence-electron chi connectivity index (χ1n) is 13.7. The zero-order valence-electron chi connectivity index (χ0n) is 22.9. The van der Waals surface area contributed by atoms with Gasteiger partial charge < -0.3 is 19.8 Å². The van der Waals surface area contributed by atoms with Crippen molar-refractivity contribution in [2.75, 3.05) is 37.7 Å². The number of amides is 3. The van der Waals surface area contributed by atoms with E-state index in [9.17, 15) is 19.5 Å². The zero-order chi connectivity index (χ0) is 27.6. The summed E-state index contributed by atoms with van der Waals surface area (Å²) in [5, 5.41) is 9.64. The molecule has 1 spiro atoms. The Balaban J connectivity index is 1.77. The molecule has 2 unspecified atom stereocenters. The van der Waals surface area contributed by atoms with Crippen molar-refractivity contribution in [3.8, 4) is 0 Å². The van der Waals surface area contributed by atoms with Crippen LogP contribution in [0.4, 0.5) is 5.69 Å². The molecule has 3 aliphatic rings. The fraction of sp³-hybridized carbons (Fsp3) is 0.567. The van der Waals surface area contributed by atoms with Crippen molar-refractivity contribution in [1.82, 2.24) is 9.80 Å². The lowest BCUT2D eigenvalue weighted by Crippen LogP contribution is -2.55. The average molecular weight is 540 g/mol. The highest BCUT2D eigenvalue weighted by atomic mass is 32.2. The maximum absolute atomic E-state index is 14.6. The highest BCUT2D eigenvalue weighted by molar-refractivity contribution is 8.02. The van der Waals surface area contributed by atoms with Gasteiger partial charge in [0.05, 0.1) is 16.6 Å². The van der Waals surface area contributed by atoms with Crippen LogP contribution in [0.15, 0.2) is 43.5 Å². The molecule has 3 amide bonds. The van der Waals surface area contributed by atoms with Crippen LogP contribution in [0.2, 0.25) is 0 Å². The molecule has 0 saturated carbocycles. The van der Waals surface area contributed by atoms with E-state index in [1.54, 1.807) is 33.7 Å². The highest BCUT2D eigenvalue weighted by Crippen LogP contribution is 2.66. The second-order valence-electron chi connectivity index (χ2n) is 10.8. The first kappa shape index (κ1) is 28.4. The molecular formula is C30H41N3O4S. The van der Waals surface area contributed by atoms with Gasteiger partial charge in [-0.3, -0.25) is 14.4 Å². The molecule has 0 radical (unpaired) electrons. The Hall–Kier alpha value is -2.58. The average Bonchev–Trinajstić information content (AvgIpc) is 3.54. The number of hydrogen-bond donors (Lipinski definition) is 1. The number of fused-ring (bicyclic) bond motifs is 1. The number of aliphatic hydroxyl groups excluding tert-OH is 1. The van der Waals surface area contributed by atoms with E-state index in [0.717, 1.165) is 36.1 Å². The minimum atomic E-state index is -0.696. The van der Waals surface area contributed by atoms with Gasteiger partial charge in [-0.25, -0.2) is 0 Å². The summed E-state index contributed by atoms with van der Waals surface area (Å²) in [5.74, 6) is -1.25. The Bertz CT molecular complexity index is 1110. The number of hydrogen-bond acceptors (Lipinski definition) is 5. The Labute approximate surface area is 230 Å². The summed E-state index contributed by atoms with van der Waals surface area (Å²) in [6.07, 6.45) is 6.18. The SMILES string of the molecule is C=CCN(CCC)C(=O)[C@@H]1[C@H]2C(=O)N(CCCO)C(C(=O)N(CC=C)c3cc(C)ccc3C)C23CC[C@H]1S3. The lowest BCUT2D eigenvalue weighted by molar-refractivity contribution is -0.144. The van der Waals surface area contributed by atoms with Gasteiger partial charge >= 0.3 is 0 Å². The van der Waals surface area contributed by atoms with E-state index in [4.69, 9.17) is 0 Å². The van der Waals surface area contributed by atoms with Crippen LogP contribution in [0.25, 0.3) is 0 Å². The van der Waals surface area contributed by atoms with Crippen LogP contribution in [0.5, 0.6) is 0 Å². The molecule has 7 nitrogen and oxygen atoms in total. The van der Waals surface area contributed by atoms with Crippen LogP contribution in [0.3, 0.4) is 0 Å². The molecule has 2 bridgehead atoms. The quantitative estimate of drug-likeness (QED) is 0.410. The Morgan fingerprint density at radius 2 is 1.95 bits per heavy atom. The molecule has 3 heterocycles. The van der Waals surface area contributed by atoms with Gasteiger partial charge in [0, 0.05) is 43.7 Å². The first-order chi connectivity index (χ1) is 18.2. The fourth-order valence-electron chi connectivity index (χ4n) is 6.72. The smallest absolute Gasteiger partial charge is 0.251 e. The monoisotopic (exact) mass is 539 g/mol. The summed E-state index contributed by atoms with van der Waals surface area (Å²) >= 11 is 1.68. The van der Waals surface area contributed by atoms with Crippen LogP contribution in [0, 0.1) is 25.7 Å². The minimum absolute atomic E-state index is 0.00291. The number of likely N-dealkylation sites (tertiary alicyclic amines) is 1. The molecule has 0 aromatic heterocycles. The van der Waals surface area contributed by atoms with Crippen LogP contribution in [0.1, 0.15) is 43.7 Å². The molecule has 3 aliphatic heterocycles. The lowest BCUT2D eigenvalue weighted by atomic mass is 9.70. The molecule has 1 aromatic carbocycles. The number of thioether (sulfide) groups is 1. The summed E-state index contributed by atoms with van der Waals surface area (Å²) in [4.78, 5) is 47.8. The third-order valence-corrected chi connectivity index (χ3v) is 10.2. The third-order valence-electron chi connectivity index (χ3n) is 8.26. The number of anilines is 1. The van der Waals surface area contributed by atoms with Gasteiger partial charge in [0.1, 0.15) is 6.04 Å². The number of carbonyl (C=O) groups is 3. The van der Waals surface area contributed by atoms with Gasteiger partial charge in [-0.15, -0.1) is 24.9 Å². The molecule has 0 aliphatic carbocycles. The summed E-state index contributed by atoms with van der Waals surface area (Å²) in [5.41, 5.74) is 2.83. The molecule has 8 heteroatoms. The van der Waals surface area contributed by atoms with Gasteiger partial charge in [-0.1, -0.05) is 31.2 Å². The molecule has 1 aromatic rings. The van der Waals surface area contributed by atoms with E-state index < -0.39 is 22.6 Å². The standard InChI is InChI=1S/C30H41N3O4S/c1-6-14-31(15-7-2)27(35)24-23-12-13-30(38-23)25(24)28(36)33(17-9-18-34)26(30)29(37)32(16-8-3)22-19-20(4)10-11-21(22)5/h6,8,10-11,19,23-26,34H,1,3,7,9,12-18H2,2,4-5H3/t23-,24+,25+,26?,30?/m1/s1. The van der Waals surface area contributed by atoms with Gasteiger partial charge in [0.25, 0.3) is 5.91 Å². The lowest BCUT2D eigenvalue weighted by Gasteiger charge is -2.38. The number of aryl methyl sites for hydroxylation is 2. The maximum Gasteiger partial charge on any atom is 0.251 e. The minimum Gasteiger partial charge on any atom is -0.396 e. The van der Waals surface area contributed by atoms with Gasteiger partial charge in [-0.05, 0) is 56.7 Å². The van der Waals surface area contributed by atoms with Gasteiger partial charge in [0.15, 0.2) is 0 Å².